The first kappa shape index (κ1) is 18.4. The van der Waals surface area contributed by atoms with E-state index in [0.717, 1.165) is 0 Å². The molecule has 0 aromatic heterocycles. The van der Waals surface area contributed by atoms with Gasteiger partial charge in [-0.2, -0.15) is 0 Å². The summed E-state index contributed by atoms with van der Waals surface area (Å²) in [5.41, 5.74) is 0. The van der Waals surface area contributed by atoms with Crippen molar-refractivity contribution in [1.29, 1.82) is 0 Å². The van der Waals surface area contributed by atoms with Crippen molar-refractivity contribution in [1.82, 2.24) is 0 Å². The fourth-order valence-corrected chi connectivity index (χ4v) is 0.258. The van der Waals surface area contributed by atoms with E-state index in [1.807, 2.05) is 0 Å². The molecule has 2 unspecified atom stereocenters. The normalized spacial score (nSPS) is 13.2. The molecule has 12 heavy (non-hydrogen) atoms. The average Bonchev–Trinajstić information content (AvgIpc) is 1.84. The van der Waals surface area contributed by atoms with Crippen molar-refractivity contribution in [2.45, 2.75) is 12.2 Å². The number of carbonyl (C=O) groups excluding carboxylic acids is 2. The van der Waals surface area contributed by atoms with Crippen LogP contribution in [0.5, 0.6) is 0 Å². The number of hydrogen-bond donors (Lipinski definition) is 2. The summed E-state index contributed by atoms with van der Waals surface area (Å²) in [6, 6.07) is 0. The van der Waals surface area contributed by atoms with E-state index in [1.165, 1.54) is 0 Å². The number of rotatable bonds is 3. The third-order valence-electron chi connectivity index (χ3n) is 0.782. The first-order chi connectivity index (χ1) is 4.46. The predicted molar refractivity (Wildman–Crippen MR) is 22.0 cm³/mol. The number of carbonyl (C=O) groups is 2. The molecule has 60 valence electrons. The van der Waals surface area contributed by atoms with E-state index < -0.39 is 24.1 Å². The smallest absolute Gasteiger partial charge is 0.547 e. The molecule has 0 bridgehead atoms. The Morgan fingerprint density at radius 2 is 1.17 bits per heavy atom. The van der Waals surface area contributed by atoms with Crippen molar-refractivity contribution >= 4 is 11.9 Å². The largest absolute Gasteiger partial charge is 2.00 e. The van der Waals surface area contributed by atoms with Crippen LogP contribution in [0.15, 0.2) is 0 Å². The second kappa shape index (κ2) is 8.19. The molecule has 0 radical (unpaired) electrons. The van der Waals surface area contributed by atoms with E-state index in [-0.39, 0.29) is 51.3 Å². The van der Waals surface area contributed by atoms with Crippen molar-refractivity contribution in [3.63, 3.8) is 0 Å². The number of hydrogen-bond acceptors (Lipinski definition) is 6. The summed E-state index contributed by atoms with van der Waals surface area (Å²) in [5.74, 6) is -4.12. The number of aliphatic hydroxyl groups is 2. The van der Waals surface area contributed by atoms with Gasteiger partial charge in [0.15, 0.2) is 0 Å². The molecule has 0 aliphatic heterocycles. The van der Waals surface area contributed by atoms with Crippen LogP contribution < -0.4 is 39.8 Å². The summed E-state index contributed by atoms with van der Waals surface area (Å²) in [6.45, 7) is 0. The van der Waals surface area contributed by atoms with Crippen LogP contribution in [0.2, 0.25) is 0 Å². The van der Waals surface area contributed by atoms with Crippen molar-refractivity contribution in [2.75, 3.05) is 0 Å². The molecular weight excluding hydrogens is 215 g/mol. The summed E-state index contributed by atoms with van der Waals surface area (Å²) in [6.07, 6.45) is -4.88. The minimum absolute atomic E-state index is 0. The van der Waals surface area contributed by atoms with Gasteiger partial charge < -0.3 is 30.0 Å². The molecule has 0 fully saturated rings. The van der Waals surface area contributed by atoms with E-state index >= 15 is 0 Å². The van der Waals surface area contributed by atoms with Crippen molar-refractivity contribution in [2.24, 2.45) is 0 Å². The molecule has 2 N–H and O–H groups in total. The second-order valence-corrected chi connectivity index (χ2v) is 1.53. The molecular formula is C4H4NaO6Ti+. The average molecular weight is 219 g/mol. The van der Waals surface area contributed by atoms with Gasteiger partial charge in [-0.25, -0.2) is 0 Å². The quantitative estimate of drug-likeness (QED) is 0.454. The SMILES string of the molecule is O=C([O-])C(O)C(O)C(=O)[O-].[Na+].[Ti+2]. The van der Waals surface area contributed by atoms with E-state index in [2.05, 4.69) is 0 Å². The Balaban J connectivity index is -0.000000405. The summed E-state index contributed by atoms with van der Waals surface area (Å²) < 4.78 is 0. The van der Waals surface area contributed by atoms with Gasteiger partial charge in [0.2, 0.25) is 0 Å². The van der Waals surface area contributed by atoms with Gasteiger partial charge in [0.25, 0.3) is 0 Å². The first-order valence-electron chi connectivity index (χ1n) is 2.24. The van der Waals surface area contributed by atoms with Crippen molar-refractivity contribution in [3.05, 3.63) is 0 Å². The van der Waals surface area contributed by atoms with Gasteiger partial charge in [0.05, 0.1) is 11.9 Å². The maximum atomic E-state index is 9.63. The Kier molecular flexibility index (Phi) is 12.5. The predicted octanol–water partition coefficient (Wildman–Crippen LogP) is -7.79. The van der Waals surface area contributed by atoms with Gasteiger partial charge >= 0.3 is 51.3 Å². The molecule has 0 saturated carbocycles. The third-order valence-corrected chi connectivity index (χ3v) is 0.782. The van der Waals surface area contributed by atoms with Crippen molar-refractivity contribution < 1.29 is 81.3 Å². The fourth-order valence-electron chi connectivity index (χ4n) is 0.258. The minimum atomic E-state index is -2.44. The van der Waals surface area contributed by atoms with Crippen LogP contribution >= 0.6 is 0 Å². The number of aliphatic carboxylic acids is 2. The molecule has 6 nitrogen and oxygen atoms in total. The first-order valence-corrected chi connectivity index (χ1v) is 2.24. The van der Waals surface area contributed by atoms with Crippen LogP contribution in [0, 0.1) is 0 Å². The third kappa shape index (κ3) is 6.13. The van der Waals surface area contributed by atoms with Crippen LogP contribution in [0.3, 0.4) is 0 Å². The number of carboxylic acid groups (broad SMARTS) is 2. The van der Waals surface area contributed by atoms with Crippen LogP contribution in [0.4, 0.5) is 0 Å². The molecule has 0 spiro atoms. The Labute approximate surface area is 105 Å². The Bertz CT molecular complexity index is 144. The van der Waals surface area contributed by atoms with Crippen LogP contribution in [0.25, 0.3) is 0 Å². The summed E-state index contributed by atoms with van der Waals surface area (Å²) in [5, 5.41) is 35.7. The topological polar surface area (TPSA) is 121 Å². The van der Waals surface area contributed by atoms with E-state index in [1.54, 1.807) is 0 Å². The molecule has 8 heteroatoms. The second-order valence-electron chi connectivity index (χ2n) is 1.53. The van der Waals surface area contributed by atoms with E-state index in [4.69, 9.17) is 10.2 Å². The van der Waals surface area contributed by atoms with Gasteiger partial charge in [-0.1, -0.05) is 0 Å². The molecule has 0 amide bonds. The van der Waals surface area contributed by atoms with E-state index in [0.29, 0.717) is 0 Å². The summed E-state index contributed by atoms with van der Waals surface area (Å²) >= 11 is 0. The molecule has 0 rings (SSSR count). The van der Waals surface area contributed by atoms with Crippen LogP contribution in [-0.2, 0) is 31.3 Å². The molecule has 0 aromatic carbocycles. The van der Waals surface area contributed by atoms with Gasteiger partial charge in [0.1, 0.15) is 12.2 Å². The van der Waals surface area contributed by atoms with Crippen LogP contribution in [0.1, 0.15) is 0 Å². The molecule has 0 aromatic rings. The zero-order chi connectivity index (χ0) is 8.31. The molecule has 0 heterocycles. The standard InChI is InChI=1S/C4H6O6.Na.Ti/c5-1(3(7)8)2(6)4(9)10;;/h1-2,5-6H,(H,7,8)(H,9,10);;/q;+1;+2/p-2. The molecule has 2 atom stereocenters. The Morgan fingerprint density at radius 3 is 1.25 bits per heavy atom. The summed E-state index contributed by atoms with van der Waals surface area (Å²) in [7, 11) is 0. The van der Waals surface area contributed by atoms with Gasteiger partial charge in [0, 0.05) is 0 Å². The number of aliphatic hydroxyl groups excluding tert-OH is 2. The number of carboxylic acids is 2. The Hall–Kier alpha value is 0.574. The van der Waals surface area contributed by atoms with E-state index in [9.17, 15) is 19.8 Å². The van der Waals surface area contributed by atoms with Crippen molar-refractivity contribution in [3.8, 4) is 0 Å². The summed E-state index contributed by atoms with van der Waals surface area (Å²) in [4.78, 5) is 19.3. The molecule has 0 aliphatic carbocycles. The zero-order valence-electron chi connectivity index (χ0n) is 6.18. The molecule has 0 aliphatic rings. The fraction of sp³-hybridized carbons (Fsp3) is 0.500. The molecule has 0 saturated heterocycles. The zero-order valence-corrected chi connectivity index (χ0v) is 9.74. The maximum Gasteiger partial charge on any atom is 2.00 e. The maximum absolute atomic E-state index is 9.63. The van der Waals surface area contributed by atoms with Gasteiger partial charge in [-0.15, -0.1) is 0 Å². The monoisotopic (exact) mass is 219 g/mol. The van der Waals surface area contributed by atoms with Gasteiger partial charge in [-0.05, 0) is 0 Å². The van der Waals surface area contributed by atoms with Crippen LogP contribution in [-0.4, -0.2) is 34.4 Å². The van der Waals surface area contributed by atoms with Gasteiger partial charge in [-0.3, -0.25) is 0 Å². The minimum Gasteiger partial charge on any atom is -0.547 e. The Morgan fingerprint density at radius 1 is 1.00 bits per heavy atom.